The third kappa shape index (κ3) is 3.71. The number of benzene rings is 3. The molecule has 0 aliphatic carbocycles. The SMILES string of the molecule is COc1ccc(F)c(B(c2cc(F)cc(F)c2C)c2cc(F)cc(F)c2C)c1F. The largest absolute Gasteiger partial charge is 0.494 e. The Kier molecular flexibility index (Phi) is 5.64. The van der Waals surface area contributed by atoms with Crippen LogP contribution in [0.4, 0.5) is 26.3 Å². The summed E-state index contributed by atoms with van der Waals surface area (Å²) in [5.41, 5.74) is -1.18. The Labute approximate surface area is 164 Å². The topological polar surface area (TPSA) is 9.23 Å². The van der Waals surface area contributed by atoms with Crippen LogP contribution in [0, 0.1) is 48.8 Å². The summed E-state index contributed by atoms with van der Waals surface area (Å²) >= 11 is 0. The minimum absolute atomic E-state index is 0.109. The van der Waals surface area contributed by atoms with E-state index in [4.69, 9.17) is 4.74 Å². The summed E-state index contributed by atoms with van der Waals surface area (Å²) in [5.74, 6) is -6.41. The van der Waals surface area contributed by atoms with Crippen LogP contribution in [0.1, 0.15) is 11.1 Å². The fourth-order valence-electron chi connectivity index (χ4n) is 3.38. The van der Waals surface area contributed by atoms with Crippen molar-refractivity contribution < 1.29 is 31.1 Å². The lowest BCUT2D eigenvalue weighted by atomic mass is 9.35. The molecule has 0 fully saturated rings. The van der Waals surface area contributed by atoms with Crippen molar-refractivity contribution in [3.05, 3.63) is 82.4 Å². The van der Waals surface area contributed by atoms with Gasteiger partial charge in [0.25, 0.3) is 0 Å². The van der Waals surface area contributed by atoms with Gasteiger partial charge in [0, 0.05) is 17.6 Å². The molecule has 0 amide bonds. The molecule has 3 aromatic rings. The normalized spacial score (nSPS) is 10.9. The summed E-state index contributed by atoms with van der Waals surface area (Å²) in [5, 5.41) is 0. The molecule has 3 rings (SSSR count). The standard InChI is InChI=1S/C21H15BF6O/c1-10-14(6-12(23)8-17(10)26)22(15-7-13(24)9-18(27)11(15)2)20-16(25)4-5-19(29-3)21(20)28/h4-9H,1-3H3. The van der Waals surface area contributed by atoms with Gasteiger partial charge in [-0.25, -0.2) is 26.3 Å². The maximum absolute atomic E-state index is 15.1. The van der Waals surface area contributed by atoms with Gasteiger partial charge in [0.1, 0.15) is 29.1 Å². The molecule has 0 spiro atoms. The molecule has 0 bridgehead atoms. The van der Waals surface area contributed by atoms with E-state index in [0.717, 1.165) is 31.4 Å². The number of hydrogen-bond acceptors (Lipinski definition) is 1. The Hall–Kier alpha value is -2.90. The van der Waals surface area contributed by atoms with E-state index in [1.54, 1.807) is 0 Å². The minimum Gasteiger partial charge on any atom is -0.494 e. The van der Waals surface area contributed by atoms with Crippen LogP contribution in [0.15, 0.2) is 36.4 Å². The Bertz CT molecular complexity index is 1040. The second-order valence-electron chi connectivity index (χ2n) is 6.61. The Morgan fingerprint density at radius 3 is 1.62 bits per heavy atom. The van der Waals surface area contributed by atoms with Crippen molar-refractivity contribution >= 4 is 23.1 Å². The third-order valence-electron chi connectivity index (χ3n) is 4.92. The first-order valence-corrected chi connectivity index (χ1v) is 8.58. The fourth-order valence-corrected chi connectivity index (χ4v) is 3.38. The summed E-state index contributed by atoms with van der Waals surface area (Å²) in [4.78, 5) is 0. The van der Waals surface area contributed by atoms with Gasteiger partial charge in [-0.2, -0.15) is 0 Å². The molecule has 0 saturated carbocycles. The van der Waals surface area contributed by atoms with E-state index in [9.17, 15) is 22.0 Å². The van der Waals surface area contributed by atoms with Crippen molar-refractivity contribution in [2.45, 2.75) is 13.8 Å². The molecule has 1 nitrogen and oxygen atoms in total. The average molecular weight is 408 g/mol. The first-order valence-electron chi connectivity index (χ1n) is 8.58. The lowest BCUT2D eigenvalue weighted by molar-refractivity contribution is 0.386. The van der Waals surface area contributed by atoms with Crippen molar-refractivity contribution in [1.82, 2.24) is 0 Å². The molecule has 3 aromatic carbocycles. The molecule has 0 unspecified atom stereocenters. The van der Waals surface area contributed by atoms with Crippen molar-refractivity contribution in [3.63, 3.8) is 0 Å². The van der Waals surface area contributed by atoms with E-state index in [1.165, 1.54) is 13.8 Å². The van der Waals surface area contributed by atoms with Crippen LogP contribution in [-0.4, -0.2) is 13.8 Å². The van der Waals surface area contributed by atoms with E-state index >= 15 is 4.39 Å². The lowest BCUT2D eigenvalue weighted by Gasteiger charge is -2.22. The predicted octanol–water partition coefficient (Wildman–Crippen LogP) is 3.66. The summed E-state index contributed by atoms with van der Waals surface area (Å²) < 4.78 is 91.2. The van der Waals surface area contributed by atoms with E-state index in [-0.39, 0.29) is 27.8 Å². The molecule has 0 aromatic heterocycles. The van der Waals surface area contributed by atoms with Crippen LogP contribution < -0.4 is 21.1 Å². The summed E-state index contributed by atoms with van der Waals surface area (Å²) in [6, 6.07) is 4.98. The molecule has 0 saturated heterocycles. The number of ether oxygens (including phenoxy) is 1. The summed E-state index contributed by atoms with van der Waals surface area (Å²) in [6.07, 6.45) is 0. The van der Waals surface area contributed by atoms with Gasteiger partial charge in [0.2, 0.25) is 6.71 Å². The smallest absolute Gasteiger partial charge is 0.250 e. The Morgan fingerprint density at radius 2 is 1.17 bits per heavy atom. The Morgan fingerprint density at radius 1 is 0.690 bits per heavy atom. The zero-order chi connectivity index (χ0) is 21.5. The van der Waals surface area contributed by atoms with E-state index in [2.05, 4.69) is 0 Å². The number of rotatable bonds is 4. The molecule has 29 heavy (non-hydrogen) atoms. The maximum atomic E-state index is 15.1. The van der Waals surface area contributed by atoms with Crippen LogP contribution in [-0.2, 0) is 0 Å². The van der Waals surface area contributed by atoms with Crippen molar-refractivity contribution in [3.8, 4) is 5.75 Å². The first-order chi connectivity index (χ1) is 13.6. The van der Waals surface area contributed by atoms with Gasteiger partial charge in [-0.05, 0) is 49.2 Å². The average Bonchev–Trinajstić information content (AvgIpc) is 2.65. The monoisotopic (exact) mass is 408 g/mol. The van der Waals surface area contributed by atoms with Gasteiger partial charge in [0.05, 0.1) is 7.11 Å². The molecule has 0 radical (unpaired) electrons. The van der Waals surface area contributed by atoms with Gasteiger partial charge in [-0.3, -0.25) is 0 Å². The molecule has 0 aliphatic rings. The highest BCUT2D eigenvalue weighted by Crippen LogP contribution is 2.19. The van der Waals surface area contributed by atoms with Crippen molar-refractivity contribution in [1.29, 1.82) is 0 Å². The quantitative estimate of drug-likeness (QED) is 0.473. The first kappa shape index (κ1) is 20.8. The second kappa shape index (κ2) is 7.85. The molecule has 150 valence electrons. The van der Waals surface area contributed by atoms with E-state index < -0.39 is 47.1 Å². The third-order valence-corrected chi connectivity index (χ3v) is 4.92. The number of halogens is 6. The highest BCUT2D eigenvalue weighted by atomic mass is 19.2. The van der Waals surface area contributed by atoms with Crippen LogP contribution in [0.3, 0.4) is 0 Å². The molecule has 0 N–H and O–H groups in total. The van der Waals surface area contributed by atoms with Gasteiger partial charge in [0.15, 0.2) is 11.6 Å². The molecule has 8 heteroatoms. The van der Waals surface area contributed by atoms with Crippen LogP contribution in [0.2, 0.25) is 0 Å². The molecule has 0 heterocycles. The zero-order valence-electron chi connectivity index (χ0n) is 15.7. The van der Waals surface area contributed by atoms with Crippen LogP contribution in [0.5, 0.6) is 5.75 Å². The van der Waals surface area contributed by atoms with E-state index in [0.29, 0.717) is 12.1 Å². The van der Waals surface area contributed by atoms with Gasteiger partial charge < -0.3 is 4.74 Å². The van der Waals surface area contributed by atoms with Gasteiger partial charge in [-0.15, -0.1) is 0 Å². The van der Waals surface area contributed by atoms with Crippen LogP contribution >= 0.6 is 0 Å². The zero-order valence-corrected chi connectivity index (χ0v) is 15.7. The van der Waals surface area contributed by atoms with Gasteiger partial charge in [-0.1, -0.05) is 10.9 Å². The van der Waals surface area contributed by atoms with Crippen molar-refractivity contribution in [2.24, 2.45) is 0 Å². The maximum Gasteiger partial charge on any atom is 0.250 e. The highest BCUT2D eigenvalue weighted by Gasteiger charge is 2.34. The molecule has 0 atom stereocenters. The van der Waals surface area contributed by atoms with E-state index in [1.807, 2.05) is 0 Å². The minimum atomic E-state index is -1.53. The van der Waals surface area contributed by atoms with Crippen LogP contribution in [0.25, 0.3) is 0 Å². The summed E-state index contributed by atoms with van der Waals surface area (Å²) in [7, 11) is 1.16. The number of hydrogen-bond donors (Lipinski definition) is 0. The second-order valence-corrected chi connectivity index (χ2v) is 6.61. The molecular weight excluding hydrogens is 393 g/mol. The fraction of sp³-hybridized carbons (Fsp3) is 0.143. The van der Waals surface area contributed by atoms with Crippen molar-refractivity contribution in [2.75, 3.05) is 7.11 Å². The molecule has 0 aliphatic heterocycles. The number of methoxy groups -OCH3 is 1. The highest BCUT2D eigenvalue weighted by molar-refractivity contribution is 6.96. The lowest BCUT2D eigenvalue weighted by Crippen LogP contribution is -2.57. The molecular formula is C21H15BF6O. The Balaban J connectivity index is 2.46. The van der Waals surface area contributed by atoms with Gasteiger partial charge >= 0.3 is 0 Å². The summed E-state index contributed by atoms with van der Waals surface area (Å²) in [6.45, 7) is 1.05. The predicted molar refractivity (Wildman–Crippen MR) is 99.8 cm³/mol.